The lowest BCUT2D eigenvalue weighted by Crippen LogP contribution is -2.60. The van der Waals surface area contributed by atoms with E-state index in [2.05, 4.69) is 49.9 Å². The minimum Gasteiger partial charge on any atom is -0.386 e. The second-order valence-electron chi connectivity index (χ2n) is 8.20. The van der Waals surface area contributed by atoms with Crippen molar-refractivity contribution in [1.82, 2.24) is 4.90 Å². The van der Waals surface area contributed by atoms with Gasteiger partial charge in [-0.25, -0.2) is 0 Å². The summed E-state index contributed by atoms with van der Waals surface area (Å²) < 4.78 is 6.11. The van der Waals surface area contributed by atoms with Crippen LogP contribution in [-0.2, 0) is 4.74 Å². The van der Waals surface area contributed by atoms with Gasteiger partial charge in [0.25, 0.3) is 0 Å². The molecule has 2 saturated carbocycles. The quantitative estimate of drug-likeness (QED) is 0.910. The van der Waals surface area contributed by atoms with Gasteiger partial charge >= 0.3 is 0 Å². The molecule has 3 fully saturated rings. The van der Waals surface area contributed by atoms with E-state index in [1.54, 1.807) is 0 Å². The van der Waals surface area contributed by atoms with Gasteiger partial charge in [-0.15, -0.1) is 0 Å². The summed E-state index contributed by atoms with van der Waals surface area (Å²) in [5, 5.41) is 11.2. The molecule has 4 rings (SSSR count). The Morgan fingerprint density at radius 1 is 1.23 bits per heavy atom. The van der Waals surface area contributed by atoms with Gasteiger partial charge in [0, 0.05) is 12.6 Å². The molecule has 0 aromatic heterocycles. The zero-order chi connectivity index (χ0) is 15.5. The third-order valence-electron chi connectivity index (χ3n) is 6.68. The molecule has 1 aromatic rings. The van der Waals surface area contributed by atoms with E-state index in [-0.39, 0.29) is 12.1 Å². The van der Waals surface area contributed by atoms with Crippen LogP contribution in [0.15, 0.2) is 30.3 Å². The van der Waals surface area contributed by atoms with Crippen molar-refractivity contribution < 1.29 is 9.84 Å². The van der Waals surface area contributed by atoms with E-state index in [0.717, 1.165) is 25.3 Å². The summed E-state index contributed by atoms with van der Waals surface area (Å²) in [6.07, 6.45) is 1.95. The molecule has 120 valence electrons. The van der Waals surface area contributed by atoms with Crippen molar-refractivity contribution in [2.45, 2.75) is 51.4 Å². The average Bonchev–Trinajstić information content (AvgIpc) is 3.03. The summed E-state index contributed by atoms with van der Waals surface area (Å²) in [7, 11) is 0. The molecular weight excluding hydrogens is 274 g/mol. The van der Waals surface area contributed by atoms with Crippen LogP contribution < -0.4 is 0 Å². The van der Waals surface area contributed by atoms with Crippen molar-refractivity contribution in [3.63, 3.8) is 0 Å². The number of β-amino-alcohol motifs (C(OH)–C–C–N with tert-alkyl or cyclic N) is 1. The predicted molar refractivity (Wildman–Crippen MR) is 86.2 cm³/mol. The number of fused-ring (bicyclic) bond motifs is 2. The van der Waals surface area contributed by atoms with Crippen molar-refractivity contribution >= 4 is 0 Å². The molecule has 1 saturated heterocycles. The predicted octanol–water partition coefficient (Wildman–Crippen LogP) is 3.20. The monoisotopic (exact) mass is 301 g/mol. The lowest BCUT2D eigenvalue weighted by atomic mass is 9.80. The van der Waals surface area contributed by atoms with Crippen molar-refractivity contribution in [3.05, 3.63) is 35.9 Å². The summed E-state index contributed by atoms with van der Waals surface area (Å²) in [5.41, 5.74) is 1.01. The van der Waals surface area contributed by atoms with Crippen LogP contribution in [0.1, 0.15) is 45.2 Å². The van der Waals surface area contributed by atoms with E-state index in [0.29, 0.717) is 18.1 Å². The molecule has 0 radical (unpaired) electrons. The highest BCUT2D eigenvalue weighted by Gasteiger charge is 2.66. The maximum absolute atomic E-state index is 11.2. The van der Waals surface area contributed by atoms with E-state index in [4.69, 9.17) is 4.74 Å². The number of ether oxygens (including phenoxy) is 1. The molecule has 1 N–H and O–H groups in total. The van der Waals surface area contributed by atoms with E-state index >= 15 is 0 Å². The summed E-state index contributed by atoms with van der Waals surface area (Å²) in [4.78, 5) is 2.28. The van der Waals surface area contributed by atoms with Crippen LogP contribution >= 0.6 is 0 Å². The summed E-state index contributed by atoms with van der Waals surface area (Å²) in [5.74, 6) is 1.42. The fourth-order valence-electron chi connectivity index (χ4n) is 4.86. The number of hydrogen-bond acceptors (Lipinski definition) is 3. The van der Waals surface area contributed by atoms with Crippen molar-refractivity contribution in [1.29, 1.82) is 0 Å². The Labute approximate surface area is 133 Å². The average molecular weight is 301 g/mol. The van der Waals surface area contributed by atoms with Crippen LogP contribution in [0.5, 0.6) is 0 Å². The normalized spacial score (nSPS) is 41.4. The molecule has 3 heteroatoms. The Kier molecular flexibility index (Phi) is 3.20. The first kappa shape index (κ1) is 14.7. The third kappa shape index (κ3) is 2.14. The van der Waals surface area contributed by atoms with E-state index in [1.165, 1.54) is 5.56 Å². The number of rotatable bonds is 2. The fraction of sp³-hybridized carbons (Fsp3) is 0.684. The highest BCUT2D eigenvalue weighted by atomic mass is 16.5. The summed E-state index contributed by atoms with van der Waals surface area (Å²) >= 11 is 0. The van der Waals surface area contributed by atoms with Gasteiger partial charge in [-0.2, -0.15) is 0 Å². The maximum atomic E-state index is 11.2. The minimum absolute atomic E-state index is 0.0229. The van der Waals surface area contributed by atoms with Crippen LogP contribution in [0, 0.1) is 17.3 Å². The SMILES string of the molecule is C[C@@H](c1ccccc1)N1CO[C@@H]2C[C@@H]3[C@H](C[C@@]2(O)C1)C3(C)C. The molecule has 3 nitrogen and oxygen atoms in total. The number of hydrogen-bond donors (Lipinski definition) is 1. The number of benzene rings is 1. The summed E-state index contributed by atoms with van der Waals surface area (Å²) in [6.45, 7) is 8.24. The largest absolute Gasteiger partial charge is 0.386 e. The summed E-state index contributed by atoms with van der Waals surface area (Å²) in [6, 6.07) is 10.8. The Hall–Kier alpha value is -0.900. The van der Waals surface area contributed by atoms with Crippen LogP contribution in [0.3, 0.4) is 0 Å². The van der Waals surface area contributed by atoms with Crippen LogP contribution in [0.25, 0.3) is 0 Å². The van der Waals surface area contributed by atoms with E-state index in [9.17, 15) is 5.11 Å². The highest BCUT2D eigenvalue weighted by molar-refractivity contribution is 5.20. The molecule has 1 aromatic carbocycles. The van der Waals surface area contributed by atoms with Gasteiger partial charge in [0.2, 0.25) is 0 Å². The van der Waals surface area contributed by atoms with E-state index in [1.807, 2.05) is 6.07 Å². The third-order valence-corrected chi connectivity index (χ3v) is 6.68. The minimum atomic E-state index is -0.670. The molecule has 2 aliphatic carbocycles. The van der Waals surface area contributed by atoms with Crippen LogP contribution in [-0.4, -0.2) is 35.0 Å². The highest BCUT2D eigenvalue weighted by Crippen LogP contribution is 2.67. The topological polar surface area (TPSA) is 32.7 Å². The Morgan fingerprint density at radius 2 is 1.95 bits per heavy atom. The molecule has 0 amide bonds. The van der Waals surface area contributed by atoms with Gasteiger partial charge in [-0.05, 0) is 42.6 Å². The van der Waals surface area contributed by atoms with Gasteiger partial charge in [-0.3, -0.25) is 4.90 Å². The zero-order valence-electron chi connectivity index (χ0n) is 13.8. The number of aliphatic hydroxyl groups is 1. The number of nitrogens with zero attached hydrogens (tertiary/aromatic N) is 1. The first-order valence-corrected chi connectivity index (χ1v) is 8.55. The maximum Gasteiger partial charge on any atom is 0.104 e. The molecule has 5 atom stereocenters. The Bertz CT molecular complexity index is 558. The van der Waals surface area contributed by atoms with Crippen molar-refractivity contribution in [2.75, 3.05) is 13.3 Å². The first-order chi connectivity index (χ1) is 10.4. The molecule has 0 bridgehead atoms. The second kappa shape index (κ2) is 4.80. The molecule has 0 spiro atoms. The van der Waals surface area contributed by atoms with E-state index < -0.39 is 5.60 Å². The smallest absolute Gasteiger partial charge is 0.104 e. The molecule has 1 aliphatic heterocycles. The standard InChI is InChI=1S/C19H27NO2/c1-13(14-7-5-4-6-8-14)20-11-19(21)10-16-15(18(16,2)3)9-17(19)22-12-20/h4-8,13,15-17,21H,9-12H2,1-3H3/t13-,15+,16-,17+,19+/m0/s1. The molecule has 0 unspecified atom stereocenters. The van der Waals surface area contributed by atoms with Gasteiger partial charge in [0.1, 0.15) is 12.3 Å². The lowest BCUT2D eigenvalue weighted by Gasteiger charge is -2.48. The van der Waals surface area contributed by atoms with Gasteiger partial charge in [0.05, 0.1) is 6.10 Å². The van der Waals surface area contributed by atoms with Crippen molar-refractivity contribution in [3.8, 4) is 0 Å². The molecule has 22 heavy (non-hydrogen) atoms. The van der Waals surface area contributed by atoms with Gasteiger partial charge in [-0.1, -0.05) is 44.2 Å². The van der Waals surface area contributed by atoms with Gasteiger partial charge < -0.3 is 9.84 Å². The second-order valence-corrected chi connectivity index (χ2v) is 8.20. The first-order valence-electron chi connectivity index (χ1n) is 8.55. The Balaban J connectivity index is 1.51. The van der Waals surface area contributed by atoms with Crippen molar-refractivity contribution in [2.24, 2.45) is 17.3 Å². The molecular formula is C19H27NO2. The molecule has 1 heterocycles. The lowest BCUT2D eigenvalue weighted by molar-refractivity contribution is -0.214. The van der Waals surface area contributed by atoms with Gasteiger partial charge in [0.15, 0.2) is 0 Å². The van der Waals surface area contributed by atoms with Crippen LogP contribution in [0.2, 0.25) is 0 Å². The fourth-order valence-corrected chi connectivity index (χ4v) is 4.86. The Morgan fingerprint density at radius 3 is 2.68 bits per heavy atom. The zero-order valence-corrected chi connectivity index (χ0v) is 13.8. The van der Waals surface area contributed by atoms with Crippen LogP contribution in [0.4, 0.5) is 0 Å². The molecule has 3 aliphatic rings.